The van der Waals surface area contributed by atoms with Crippen LogP contribution in [0, 0.1) is 5.92 Å². The number of amides is 2. The lowest BCUT2D eigenvalue weighted by Gasteiger charge is -2.26. The number of rotatable bonds is 6. The Hall–Kier alpha value is -2.08. The zero-order chi connectivity index (χ0) is 19.1. The summed E-state index contributed by atoms with van der Waals surface area (Å²) < 4.78 is 5.15. The lowest BCUT2D eigenvalue weighted by Crippen LogP contribution is -2.47. The largest absolute Gasteiger partial charge is 0.497 e. The van der Waals surface area contributed by atoms with Gasteiger partial charge in [0.1, 0.15) is 5.75 Å². The van der Waals surface area contributed by atoms with Gasteiger partial charge in [-0.25, -0.2) is 0 Å². The monoisotopic (exact) mass is 361 g/mol. The average molecular weight is 361 g/mol. The molecule has 1 aromatic carbocycles. The number of aryl methyl sites for hydroxylation is 1. The Morgan fingerprint density at radius 1 is 1.08 bits per heavy atom. The van der Waals surface area contributed by atoms with Gasteiger partial charge in [-0.05, 0) is 36.5 Å². The molecule has 0 spiro atoms. The van der Waals surface area contributed by atoms with Crippen molar-refractivity contribution in [2.75, 3.05) is 33.3 Å². The van der Waals surface area contributed by atoms with Gasteiger partial charge >= 0.3 is 0 Å². The molecule has 0 aromatic heterocycles. The molecule has 6 heteroatoms. The van der Waals surface area contributed by atoms with Crippen molar-refractivity contribution in [3.63, 3.8) is 0 Å². The van der Waals surface area contributed by atoms with Crippen LogP contribution in [-0.4, -0.2) is 60.9 Å². The molecule has 0 radical (unpaired) electrons. The summed E-state index contributed by atoms with van der Waals surface area (Å²) in [6, 6.07) is 7.33. The maximum Gasteiger partial charge on any atom is 0.239 e. The maximum atomic E-state index is 12.5. The quantitative estimate of drug-likeness (QED) is 0.836. The first-order valence-corrected chi connectivity index (χ1v) is 9.37. The zero-order valence-corrected chi connectivity index (χ0v) is 16.1. The molecule has 0 bridgehead atoms. The molecule has 1 fully saturated rings. The van der Waals surface area contributed by atoms with Crippen molar-refractivity contribution in [3.8, 4) is 5.75 Å². The summed E-state index contributed by atoms with van der Waals surface area (Å²) in [7, 11) is 1.64. The molecular weight excluding hydrogens is 330 g/mol. The van der Waals surface area contributed by atoms with E-state index in [4.69, 9.17) is 10.5 Å². The van der Waals surface area contributed by atoms with Gasteiger partial charge in [0, 0.05) is 32.6 Å². The first-order chi connectivity index (χ1) is 12.4. The molecule has 26 heavy (non-hydrogen) atoms. The first kappa shape index (κ1) is 20.2. The third-order valence-electron chi connectivity index (χ3n) is 4.95. The highest BCUT2D eigenvalue weighted by atomic mass is 16.5. The van der Waals surface area contributed by atoms with Crippen LogP contribution in [0.5, 0.6) is 5.75 Å². The number of nitrogens with zero attached hydrogens (tertiary/aromatic N) is 2. The highest BCUT2D eigenvalue weighted by molar-refractivity contribution is 5.82. The molecular formula is C20H31N3O3. The molecule has 2 amide bonds. The van der Waals surface area contributed by atoms with Crippen molar-refractivity contribution in [2.24, 2.45) is 11.7 Å². The molecule has 2 N–H and O–H groups in total. The van der Waals surface area contributed by atoms with E-state index in [1.165, 1.54) is 0 Å². The summed E-state index contributed by atoms with van der Waals surface area (Å²) in [6.07, 6.45) is 1.98. The topological polar surface area (TPSA) is 75.9 Å². The van der Waals surface area contributed by atoms with Gasteiger partial charge in [-0.3, -0.25) is 9.59 Å². The van der Waals surface area contributed by atoms with Gasteiger partial charge in [0.2, 0.25) is 11.8 Å². The minimum absolute atomic E-state index is 0.00691. The number of carbonyl (C=O) groups excluding carboxylic acids is 2. The smallest absolute Gasteiger partial charge is 0.239 e. The Balaban J connectivity index is 1.83. The third kappa shape index (κ3) is 5.46. The van der Waals surface area contributed by atoms with Crippen LogP contribution in [-0.2, 0) is 16.0 Å². The van der Waals surface area contributed by atoms with Gasteiger partial charge < -0.3 is 20.3 Å². The number of hydrogen-bond donors (Lipinski definition) is 1. The molecule has 1 aliphatic rings. The van der Waals surface area contributed by atoms with Crippen LogP contribution in [0.25, 0.3) is 0 Å². The minimum atomic E-state index is -0.465. The molecule has 144 valence electrons. The van der Waals surface area contributed by atoms with Gasteiger partial charge in [-0.15, -0.1) is 0 Å². The number of benzene rings is 1. The Bertz CT molecular complexity index is 601. The third-order valence-corrected chi connectivity index (χ3v) is 4.95. The minimum Gasteiger partial charge on any atom is -0.497 e. The predicted octanol–water partition coefficient (Wildman–Crippen LogP) is 1.67. The molecule has 1 heterocycles. The van der Waals surface area contributed by atoms with E-state index in [-0.39, 0.29) is 17.7 Å². The summed E-state index contributed by atoms with van der Waals surface area (Å²) in [6.45, 7) is 6.42. The van der Waals surface area contributed by atoms with Crippen LogP contribution < -0.4 is 10.5 Å². The highest BCUT2D eigenvalue weighted by Crippen LogP contribution is 2.14. The van der Waals surface area contributed by atoms with Gasteiger partial charge in [0.15, 0.2) is 0 Å². The van der Waals surface area contributed by atoms with Crippen LogP contribution in [0.15, 0.2) is 24.3 Å². The van der Waals surface area contributed by atoms with Crippen molar-refractivity contribution < 1.29 is 14.3 Å². The average Bonchev–Trinajstić information content (AvgIpc) is 2.91. The summed E-state index contributed by atoms with van der Waals surface area (Å²) >= 11 is 0. The Labute approximate surface area is 156 Å². The fourth-order valence-corrected chi connectivity index (χ4v) is 3.08. The highest BCUT2D eigenvalue weighted by Gasteiger charge is 2.26. The molecule has 0 unspecified atom stereocenters. The van der Waals surface area contributed by atoms with E-state index < -0.39 is 6.04 Å². The van der Waals surface area contributed by atoms with Crippen molar-refractivity contribution in [3.05, 3.63) is 29.8 Å². The maximum absolute atomic E-state index is 12.5. The second kappa shape index (κ2) is 9.57. The number of ether oxygens (including phenoxy) is 1. The second-order valence-electron chi connectivity index (χ2n) is 7.18. The van der Waals surface area contributed by atoms with Gasteiger partial charge in [-0.2, -0.15) is 0 Å². The van der Waals surface area contributed by atoms with Crippen molar-refractivity contribution in [1.82, 2.24) is 9.80 Å². The Morgan fingerprint density at radius 2 is 1.69 bits per heavy atom. The van der Waals surface area contributed by atoms with Gasteiger partial charge in [-0.1, -0.05) is 26.0 Å². The normalized spacial score (nSPS) is 16.3. The fraction of sp³-hybridized carbons (Fsp3) is 0.600. The predicted molar refractivity (Wildman–Crippen MR) is 102 cm³/mol. The van der Waals surface area contributed by atoms with Crippen molar-refractivity contribution >= 4 is 11.8 Å². The van der Waals surface area contributed by atoms with E-state index in [1.54, 1.807) is 12.0 Å². The summed E-state index contributed by atoms with van der Waals surface area (Å²) in [5.41, 5.74) is 7.11. The van der Waals surface area contributed by atoms with Crippen LogP contribution in [0.1, 0.15) is 32.3 Å². The fourth-order valence-electron chi connectivity index (χ4n) is 3.08. The van der Waals surface area contributed by atoms with E-state index in [9.17, 15) is 9.59 Å². The summed E-state index contributed by atoms with van der Waals surface area (Å²) in [5, 5.41) is 0. The van der Waals surface area contributed by atoms with Crippen LogP contribution >= 0.6 is 0 Å². The SMILES string of the molecule is COc1ccc(CCC(=O)N2CCCN(C(=O)[C@@H](N)C(C)C)CC2)cc1. The van der Waals surface area contributed by atoms with Crippen molar-refractivity contribution in [2.45, 2.75) is 39.2 Å². The van der Waals surface area contributed by atoms with Crippen LogP contribution in [0.4, 0.5) is 0 Å². The molecule has 0 aliphatic carbocycles. The van der Waals surface area contributed by atoms with E-state index in [0.29, 0.717) is 39.0 Å². The van der Waals surface area contributed by atoms with E-state index in [1.807, 2.05) is 43.0 Å². The molecule has 1 saturated heterocycles. The Kier molecular flexibility index (Phi) is 7.45. The number of nitrogens with two attached hydrogens (primary N) is 1. The zero-order valence-electron chi connectivity index (χ0n) is 16.1. The molecule has 1 atom stereocenters. The number of carbonyl (C=O) groups is 2. The molecule has 1 aliphatic heterocycles. The number of hydrogen-bond acceptors (Lipinski definition) is 4. The van der Waals surface area contributed by atoms with E-state index >= 15 is 0 Å². The first-order valence-electron chi connectivity index (χ1n) is 9.37. The van der Waals surface area contributed by atoms with Gasteiger partial charge in [0.05, 0.1) is 13.2 Å². The second-order valence-corrected chi connectivity index (χ2v) is 7.18. The summed E-state index contributed by atoms with van der Waals surface area (Å²) in [4.78, 5) is 28.6. The summed E-state index contributed by atoms with van der Waals surface area (Å²) in [5.74, 6) is 1.07. The molecule has 0 saturated carbocycles. The standard InChI is InChI=1S/C20H31N3O3/c1-15(2)19(21)20(25)23-12-4-11-22(13-14-23)18(24)10-7-16-5-8-17(26-3)9-6-16/h5-6,8-9,15,19H,4,7,10-14,21H2,1-3H3/t19-/m0/s1. The van der Waals surface area contributed by atoms with E-state index in [2.05, 4.69) is 0 Å². The van der Waals surface area contributed by atoms with Gasteiger partial charge in [0.25, 0.3) is 0 Å². The van der Waals surface area contributed by atoms with Crippen LogP contribution in [0.3, 0.4) is 0 Å². The molecule has 6 nitrogen and oxygen atoms in total. The van der Waals surface area contributed by atoms with E-state index in [0.717, 1.165) is 17.7 Å². The Morgan fingerprint density at radius 3 is 2.31 bits per heavy atom. The number of methoxy groups -OCH3 is 1. The molecule has 2 rings (SSSR count). The molecule has 1 aromatic rings. The lowest BCUT2D eigenvalue weighted by atomic mass is 10.0. The van der Waals surface area contributed by atoms with Crippen LogP contribution in [0.2, 0.25) is 0 Å². The van der Waals surface area contributed by atoms with Crippen molar-refractivity contribution in [1.29, 1.82) is 0 Å². The lowest BCUT2D eigenvalue weighted by molar-refractivity contribution is -0.135.